The van der Waals surface area contributed by atoms with Crippen LogP contribution in [0.3, 0.4) is 0 Å². The summed E-state index contributed by atoms with van der Waals surface area (Å²) < 4.78 is 28.3. The molecule has 0 aromatic heterocycles. The molecule has 1 saturated heterocycles. The van der Waals surface area contributed by atoms with Crippen LogP contribution in [0, 0.1) is 11.3 Å². The zero-order chi connectivity index (χ0) is 30.6. The van der Waals surface area contributed by atoms with Crippen LogP contribution in [0.2, 0.25) is 0 Å². The van der Waals surface area contributed by atoms with Crippen LogP contribution < -0.4 is 0 Å². The lowest BCUT2D eigenvalue weighted by molar-refractivity contribution is -0.361. The highest BCUT2D eigenvalue weighted by atomic mass is 16.8. The molecule has 0 radical (unpaired) electrons. The molecule has 2 aromatic carbocycles. The maximum atomic E-state index is 12.5. The van der Waals surface area contributed by atoms with E-state index in [9.17, 15) is 29.5 Å². The lowest BCUT2D eigenvalue weighted by Crippen LogP contribution is -2.67. The fraction of sp³-hybridized carbons (Fsp3) is 0.452. The first-order valence-electron chi connectivity index (χ1n) is 13.6. The van der Waals surface area contributed by atoms with E-state index in [1.165, 1.54) is 30.5 Å². The van der Waals surface area contributed by atoms with Crippen LogP contribution in [0.1, 0.15) is 74.3 Å². The summed E-state index contributed by atoms with van der Waals surface area (Å²) in [6.07, 6.45) is -3.34. The normalized spacial score (nSPS) is 25.0. The smallest absolute Gasteiger partial charge is 0.305 e. The number of benzene rings is 2. The van der Waals surface area contributed by atoms with Crippen molar-refractivity contribution in [3.63, 3.8) is 0 Å². The van der Waals surface area contributed by atoms with Crippen molar-refractivity contribution in [2.24, 2.45) is 0 Å². The summed E-state index contributed by atoms with van der Waals surface area (Å²) in [6, 6.07) is 14.8. The summed E-state index contributed by atoms with van der Waals surface area (Å²) in [7, 11) is 0. The molecular formula is C31H33NO10. The van der Waals surface area contributed by atoms with Crippen molar-refractivity contribution < 1.29 is 48.0 Å². The van der Waals surface area contributed by atoms with Gasteiger partial charge < -0.3 is 28.8 Å². The zero-order valence-electron chi connectivity index (χ0n) is 23.8. The number of hydrogen-bond donors (Lipinski definition) is 1. The molecule has 1 saturated carbocycles. The van der Waals surface area contributed by atoms with E-state index in [2.05, 4.69) is 18.2 Å². The minimum atomic E-state index is -2.26. The van der Waals surface area contributed by atoms with Crippen LogP contribution in [0.5, 0.6) is 0 Å². The molecule has 0 unspecified atom stereocenters. The predicted octanol–water partition coefficient (Wildman–Crippen LogP) is 2.93. The molecule has 4 rings (SSSR count). The largest absolute Gasteiger partial charge is 0.456 e. The van der Waals surface area contributed by atoms with Gasteiger partial charge in [-0.3, -0.25) is 19.2 Å². The van der Waals surface area contributed by atoms with Crippen LogP contribution in [0.25, 0.3) is 0 Å². The quantitative estimate of drug-likeness (QED) is 0.344. The highest BCUT2D eigenvalue weighted by molar-refractivity contribution is 5.70. The molecule has 42 heavy (non-hydrogen) atoms. The van der Waals surface area contributed by atoms with Gasteiger partial charge in [0.05, 0.1) is 18.2 Å². The first-order chi connectivity index (χ1) is 20.0. The van der Waals surface area contributed by atoms with Crippen LogP contribution in [-0.2, 0) is 55.1 Å². The summed E-state index contributed by atoms with van der Waals surface area (Å²) >= 11 is 0. The van der Waals surface area contributed by atoms with Gasteiger partial charge in [0.25, 0.3) is 5.79 Å². The molecule has 2 aromatic rings. The number of hydrogen-bond acceptors (Lipinski definition) is 11. The topological polar surface area (TPSA) is 158 Å². The number of aliphatic hydroxyl groups is 1. The van der Waals surface area contributed by atoms with E-state index in [0.717, 1.165) is 33.3 Å². The fourth-order valence-electron chi connectivity index (χ4n) is 5.28. The monoisotopic (exact) mass is 579 g/mol. The molecule has 0 spiro atoms. The van der Waals surface area contributed by atoms with Crippen LogP contribution >= 0.6 is 0 Å². The van der Waals surface area contributed by atoms with Crippen molar-refractivity contribution in [1.82, 2.24) is 0 Å². The standard InChI is InChI=1S/C31H33NO10/c1-17(34)38-28-27(16-33)42-31(41-20(4)37,30(40-19(3)36)29(28)39-18(2)35)26-12-11-24(15-32)25(14-26)13-21-5-7-22(8-6-21)23-9-10-23/h5-8,11-12,14,23,27-30,33H,9-10,13,16H2,1-4H3/t27-,28-,29+,30-,31+/m1/s1. The van der Waals surface area contributed by atoms with Crippen LogP contribution in [0.4, 0.5) is 0 Å². The number of aliphatic hydroxyl groups excluding tert-OH is 1. The van der Waals surface area contributed by atoms with Crippen molar-refractivity contribution in [2.45, 2.75) is 83.1 Å². The molecule has 2 aliphatic rings. The highest BCUT2D eigenvalue weighted by Crippen LogP contribution is 2.44. The summed E-state index contributed by atoms with van der Waals surface area (Å²) in [6.45, 7) is 3.66. The first kappa shape index (κ1) is 30.7. The molecule has 0 amide bonds. The lowest BCUT2D eigenvalue weighted by Gasteiger charge is -2.50. The Morgan fingerprint density at radius 2 is 1.52 bits per heavy atom. The van der Waals surface area contributed by atoms with Gasteiger partial charge in [-0.2, -0.15) is 5.26 Å². The van der Waals surface area contributed by atoms with E-state index in [4.69, 9.17) is 23.7 Å². The minimum Gasteiger partial charge on any atom is -0.456 e. The minimum absolute atomic E-state index is 0.143. The second kappa shape index (κ2) is 12.7. The van der Waals surface area contributed by atoms with E-state index in [0.29, 0.717) is 23.5 Å². The van der Waals surface area contributed by atoms with Crippen molar-refractivity contribution in [3.8, 4) is 6.07 Å². The molecule has 1 heterocycles. The summed E-state index contributed by atoms with van der Waals surface area (Å²) in [5.74, 6) is -4.97. The molecule has 5 atom stereocenters. The Bertz CT molecular complexity index is 1390. The third-order valence-electron chi connectivity index (χ3n) is 7.11. The third-order valence-corrected chi connectivity index (χ3v) is 7.11. The van der Waals surface area contributed by atoms with Gasteiger partial charge in [0.15, 0.2) is 12.2 Å². The maximum Gasteiger partial charge on any atom is 0.305 e. The Morgan fingerprint density at radius 3 is 2.05 bits per heavy atom. The molecule has 11 heteroatoms. The van der Waals surface area contributed by atoms with E-state index >= 15 is 0 Å². The lowest BCUT2D eigenvalue weighted by atomic mass is 9.85. The number of nitriles is 1. The summed E-state index contributed by atoms with van der Waals surface area (Å²) in [4.78, 5) is 49.1. The molecular weight excluding hydrogens is 546 g/mol. The summed E-state index contributed by atoms with van der Waals surface area (Å²) in [5.41, 5.74) is 3.23. The number of carbonyl (C=O) groups is 4. The number of esters is 4. The van der Waals surface area contributed by atoms with Crippen molar-refractivity contribution in [2.75, 3.05) is 6.61 Å². The van der Waals surface area contributed by atoms with Crippen molar-refractivity contribution in [1.29, 1.82) is 5.26 Å². The molecule has 11 nitrogen and oxygen atoms in total. The average Bonchev–Trinajstić information content (AvgIpc) is 3.77. The van der Waals surface area contributed by atoms with Gasteiger partial charge in [-0.25, -0.2) is 0 Å². The Kier molecular flexibility index (Phi) is 9.29. The Balaban J connectivity index is 1.86. The van der Waals surface area contributed by atoms with Gasteiger partial charge in [-0.15, -0.1) is 0 Å². The van der Waals surface area contributed by atoms with Crippen molar-refractivity contribution >= 4 is 23.9 Å². The van der Waals surface area contributed by atoms with Gasteiger partial charge in [0.1, 0.15) is 6.10 Å². The Hall–Kier alpha value is -4.27. The Labute approximate surface area is 243 Å². The Morgan fingerprint density at radius 1 is 0.905 bits per heavy atom. The zero-order valence-corrected chi connectivity index (χ0v) is 23.8. The number of rotatable bonds is 9. The third kappa shape index (κ3) is 6.78. The molecule has 1 aliphatic carbocycles. The molecule has 0 bridgehead atoms. The number of nitrogens with zero attached hydrogens (tertiary/aromatic N) is 1. The van der Waals surface area contributed by atoms with Gasteiger partial charge in [-0.05, 0) is 54.0 Å². The van der Waals surface area contributed by atoms with Gasteiger partial charge in [0, 0.05) is 33.3 Å². The van der Waals surface area contributed by atoms with Gasteiger partial charge in [-0.1, -0.05) is 30.3 Å². The summed E-state index contributed by atoms with van der Waals surface area (Å²) in [5, 5.41) is 20.1. The molecule has 222 valence electrons. The van der Waals surface area contributed by atoms with Crippen LogP contribution in [0.15, 0.2) is 42.5 Å². The van der Waals surface area contributed by atoms with Crippen molar-refractivity contribution in [3.05, 3.63) is 70.3 Å². The molecule has 2 fully saturated rings. The van der Waals surface area contributed by atoms with E-state index in [1.54, 1.807) is 6.07 Å². The van der Waals surface area contributed by atoms with E-state index in [1.807, 2.05) is 12.1 Å². The SMILES string of the molecule is CC(=O)O[C@H]1[C@H](OC(C)=O)[C@@H](CO)O[C@@](OC(C)=O)(c2ccc(C#N)c(Cc3ccc(C4CC4)cc3)c2)[C@@H]1OC(C)=O. The average molecular weight is 580 g/mol. The maximum absolute atomic E-state index is 12.5. The van der Waals surface area contributed by atoms with E-state index < -0.39 is 60.7 Å². The molecule has 1 aliphatic heterocycles. The number of ether oxygens (including phenoxy) is 5. The second-order valence-corrected chi connectivity index (χ2v) is 10.5. The molecule has 1 N–H and O–H groups in total. The predicted molar refractivity (Wildman–Crippen MR) is 144 cm³/mol. The highest BCUT2D eigenvalue weighted by Gasteiger charge is 2.63. The second-order valence-electron chi connectivity index (χ2n) is 10.5. The van der Waals surface area contributed by atoms with E-state index in [-0.39, 0.29) is 5.56 Å². The first-order valence-corrected chi connectivity index (χ1v) is 13.6. The van der Waals surface area contributed by atoms with Crippen LogP contribution in [-0.4, -0.2) is 60.0 Å². The number of carbonyl (C=O) groups excluding carboxylic acids is 4. The fourth-order valence-corrected chi connectivity index (χ4v) is 5.28. The van der Waals surface area contributed by atoms with Gasteiger partial charge in [0.2, 0.25) is 6.10 Å². The van der Waals surface area contributed by atoms with Gasteiger partial charge >= 0.3 is 23.9 Å².